The molecule has 0 saturated heterocycles. The molecule has 0 aromatic heterocycles. The monoisotopic (exact) mass is 182 g/mol. The summed E-state index contributed by atoms with van der Waals surface area (Å²) in [6.45, 7) is 8.39. The number of rotatable bonds is 2. The van der Waals surface area contributed by atoms with Crippen LogP contribution in [0.1, 0.15) is 26.3 Å². The van der Waals surface area contributed by atoms with Crippen molar-refractivity contribution in [3.63, 3.8) is 0 Å². The van der Waals surface area contributed by atoms with Crippen LogP contribution < -0.4 is 4.74 Å². The lowest BCUT2D eigenvalue weighted by Gasteiger charge is -2.03. The molecule has 0 aliphatic heterocycles. The first-order valence-electron chi connectivity index (χ1n) is 4.66. The third-order valence-corrected chi connectivity index (χ3v) is 1.49. The lowest BCUT2D eigenvalue weighted by molar-refractivity contribution is 0.337. The smallest absolute Gasteiger partial charge is 0.122 e. The Bertz CT molecular complexity index is 244. The van der Waals surface area contributed by atoms with Crippen LogP contribution in [0, 0.1) is 6.92 Å². The molecule has 0 unspecified atom stereocenters. The van der Waals surface area contributed by atoms with Crippen molar-refractivity contribution in [1.29, 1.82) is 0 Å². The number of phenols is 1. The average Bonchev–Trinajstić information content (AvgIpc) is 2.15. The number of benzene rings is 1. The van der Waals surface area contributed by atoms with Crippen molar-refractivity contribution in [2.75, 3.05) is 6.61 Å². The van der Waals surface area contributed by atoms with Gasteiger partial charge in [-0.05, 0) is 25.5 Å². The van der Waals surface area contributed by atoms with Crippen LogP contribution in [0.5, 0.6) is 11.5 Å². The highest BCUT2D eigenvalue weighted by Gasteiger charge is 1.96. The first-order valence-corrected chi connectivity index (χ1v) is 4.66. The van der Waals surface area contributed by atoms with Crippen molar-refractivity contribution < 1.29 is 9.84 Å². The van der Waals surface area contributed by atoms with Crippen LogP contribution in [0.4, 0.5) is 0 Å². The molecule has 74 valence electrons. The van der Waals surface area contributed by atoms with E-state index in [1.165, 1.54) is 0 Å². The summed E-state index contributed by atoms with van der Waals surface area (Å²) in [5.41, 5.74) is 0.869. The highest BCUT2D eigenvalue weighted by molar-refractivity contribution is 5.38. The Morgan fingerprint density at radius 3 is 2.38 bits per heavy atom. The van der Waals surface area contributed by atoms with Crippen LogP contribution in [-0.2, 0) is 0 Å². The summed E-state index contributed by atoms with van der Waals surface area (Å²) in [4.78, 5) is 0. The molecule has 13 heavy (non-hydrogen) atoms. The maximum atomic E-state index is 9.25. The second kappa shape index (κ2) is 6.35. The fraction of sp³-hybridized carbons (Fsp3) is 0.455. The molecule has 0 radical (unpaired) electrons. The summed E-state index contributed by atoms with van der Waals surface area (Å²) in [6, 6.07) is 5.30. The molecule has 0 aliphatic carbocycles. The number of hydrogen-bond donors (Lipinski definition) is 1. The molecule has 1 aromatic rings. The molecule has 0 heterocycles. The molecular weight excluding hydrogens is 164 g/mol. The van der Waals surface area contributed by atoms with Crippen molar-refractivity contribution in [2.45, 2.75) is 27.7 Å². The van der Waals surface area contributed by atoms with Crippen molar-refractivity contribution in [3.8, 4) is 11.5 Å². The van der Waals surface area contributed by atoms with E-state index in [0.717, 1.165) is 11.3 Å². The van der Waals surface area contributed by atoms with Gasteiger partial charge in [0.05, 0.1) is 6.61 Å². The molecular formula is C11H18O2. The first-order chi connectivity index (χ1) is 6.24. The summed E-state index contributed by atoms with van der Waals surface area (Å²) in [5, 5.41) is 9.25. The molecule has 1 aromatic carbocycles. The second-order valence-electron chi connectivity index (χ2n) is 2.38. The van der Waals surface area contributed by atoms with Crippen molar-refractivity contribution in [2.24, 2.45) is 0 Å². The third kappa shape index (κ3) is 3.83. The Labute approximate surface area is 80.2 Å². The number of aryl methyl sites for hydroxylation is 1. The molecule has 0 atom stereocenters. The number of ether oxygens (including phenoxy) is 1. The van der Waals surface area contributed by atoms with Gasteiger partial charge in [0.2, 0.25) is 0 Å². The van der Waals surface area contributed by atoms with E-state index in [1.54, 1.807) is 6.07 Å². The van der Waals surface area contributed by atoms with Crippen LogP contribution in [-0.4, -0.2) is 11.7 Å². The average molecular weight is 182 g/mol. The molecule has 0 amide bonds. The second-order valence-corrected chi connectivity index (χ2v) is 2.38. The van der Waals surface area contributed by atoms with Gasteiger partial charge in [-0.2, -0.15) is 0 Å². The van der Waals surface area contributed by atoms with Gasteiger partial charge in [-0.1, -0.05) is 19.9 Å². The Balaban J connectivity index is 0.000000671. The van der Waals surface area contributed by atoms with Gasteiger partial charge < -0.3 is 9.84 Å². The molecule has 1 rings (SSSR count). The molecule has 0 aliphatic rings. The Morgan fingerprint density at radius 2 is 1.92 bits per heavy atom. The highest BCUT2D eigenvalue weighted by atomic mass is 16.5. The van der Waals surface area contributed by atoms with E-state index >= 15 is 0 Å². The lowest BCUT2D eigenvalue weighted by Crippen LogP contribution is -1.90. The third-order valence-electron chi connectivity index (χ3n) is 1.49. The van der Waals surface area contributed by atoms with Gasteiger partial charge >= 0.3 is 0 Å². The van der Waals surface area contributed by atoms with Crippen molar-refractivity contribution in [3.05, 3.63) is 23.8 Å². The van der Waals surface area contributed by atoms with Crippen LogP contribution in [0.15, 0.2) is 18.2 Å². The van der Waals surface area contributed by atoms with Gasteiger partial charge in [-0.25, -0.2) is 0 Å². The summed E-state index contributed by atoms with van der Waals surface area (Å²) < 4.78 is 5.18. The normalized spacial score (nSPS) is 8.62. The summed E-state index contributed by atoms with van der Waals surface area (Å²) in [5.74, 6) is 1.01. The zero-order valence-electron chi connectivity index (χ0n) is 8.79. The van der Waals surface area contributed by atoms with E-state index in [2.05, 4.69) is 0 Å². The summed E-state index contributed by atoms with van der Waals surface area (Å²) in [7, 11) is 0. The van der Waals surface area contributed by atoms with Gasteiger partial charge in [0.25, 0.3) is 0 Å². The highest BCUT2D eigenvalue weighted by Crippen LogP contribution is 2.22. The predicted molar refractivity (Wildman–Crippen MR) is 55.4 cm³/mol. The number of aromatic hydroxyl groups is 1. The lowest BCUT2D eigenvalue weighted by atomic mass is 10.2. The van der Waals surface area contributed by atoms with Crippen LogP contribution in [0.3, 0.4) is 0 Å². The first kappa shape index (κ1) is 11.8. The van der Waals surface area contributed by atoms with Crippen LogP contribution >= 0.6 is 0 Å². The summed E-state index contributed by atoms with van der Waals surface area (Å²) >= 11 is 0. The Hall–Kier alpha value is -1.18. The molecule has 1 N–H and O–H groups in total. The molecule has 0 spiro atoms. The van der Waals surface area contributed by atoms with E-state index in [1.807, 2.05) is 39.8 Å². The fourth-order valence-electron chi connectivity index (χ4n) is 0.846. The van der Waals surface area contributed by atoms with Gasteiger partial charge in [0, 0.05) is 6.07 Å². The van der Waals surface area contributed by atoms with E-state index < -0.39 is 0 Å². The number of hydrogen-bond acceptors (Lipinski definition) is 2. The van der Waals surface area contributed by atoms with Gasteiger partial charge in [0.1, 0.15) is 11.5 Å². The minimum Gasteiger partial charge on any atom is -0.508 e. The molecule has 0 saturated carbocycles. The maximum absolute atomic E-state index is 9.25. The van der Waals surface area contributed by atoms with E-state index in [-0.39, 0.29) is 5.75 Å². The molecule has 0 bridgehead atoms. The standard InChI is InChI=1S/C9H12O2.C2H6/c1-3-11-8-5-4-7(2)9(10)6-8;1-2/h4-6,10H,3H2,1-2H3;1-2H3. The summed E-state index contributed by atoms with van der Waals surface area (Å²) in [6.07, 6.45) is 0. The predicted octanol–water partition coefficient (Wildman–Crippen LogP) is 3.13. The zero-order valence-corrected chi connectivity index (χ0v) is 8.79. The largest absolute Gasteiger partial charge is 0.508 e. The zero-order chi connectivity index (χ0) is 10.3. The maximum Gasteiger partial charge on any atom is 0.122 e. The fourth-order valence-corrected chi connectivity index (χ4v) is 0.846. The molecule has 2 heteroatoms. The molecule has 0 fully saturated rings. The van der Waals surface area contributed by atoms with Crippen LogP contribution in [0.25, 0.3) is 0 Å². The van der Waals surface area contributed by atoms with Crippen molar-refractivity contribution >= 4 is 0 Å². The van der Waals surface area contributed by atoms with Crippen molar-refractivity contribution in [1.82, 2.24) is 0 Å². The Morgan fingerprint density at radius 1 is 1.31 bits per heavy atom. The quantitative estimate of drug-likeness (QED) is 0.761. The minimum atomic E-state index is 0.288. The van der Waals surface area contributed by atoms with Gasteiger partial charge in [-0.15, -0.1) is 0 Å². The number of phenolic OH excluding ortho intramolecular Hbond substituents is 1. The van der Waals surface area contributed by atoms with Gasteiger partial charge in [0.15, 0.2) is 0 Å². The van der Waals surface area contributed by atoms with Gasteiger partial charge in [-0.3, -0.25) is 0 Å². The Kier molecular flexibility index (Phi) is 5.77. The van der Waals surface area contributed by atoms with E-state index in [0.29, 0.717) is 6.61 Å². The molecule has 2 nitrogen and oxygen atoms in total. The topological polar surface area (TPSA) is 29.5 Å². The minimum absolute atomic E-state index is 0.288. The van der Waals surface area contributed by atoms with E-state index in [9.17, 15) is 5.11 Å². The van der Waals surface area contributed by atoms with Crippen LogP contribution in [0.2, 0.25) is 0 Å². The SMILES string of the molecule is CC.CCOc1ccc(C)c(O)c1. The van der Waals surface area contributed by atoms with E-state index in [4.69, 9.17) is 4.74 Å².